The van der Waals surface area contributed by atoms with E-state index in [4.69, 9.17) is 5.73 Å². The summed E-state index contributed by atoms with van der Waals surface area (Å²) in [5.41, 5.74) is 5.85. The third-order valence-electron chi connectivity index (χ3n) is 3.29. The first-order valence-corrected chi connectivity index (χ1v) is 6.30. The van der Waals surface area contributed by atoms with Crippen LogP contribution in [0.1, 0.15) is 42.9 Å². The number of rotatable bonds is 2. The summed E-state index contributed by atoms with van der Waals surface area (Å²) < 4.78 is 4.20. The Morgan fingerprint density at radius 1 is 1.36 bits per heavy atom. The van der Waals surface area contributed by atoms with Crippen LogP contribution >= 0.6 is 11.5 Å². The third kappa shape index (κ3) is 2.15. The van der Waals surface area contributed by atoms with E-state index in [-0.39, 0.29) is 0 Å². The van der Waals surface area contributed by atoms with Gasteiger partial charge in [-0.3, -0.25) is 0 Å². The average Bonchev–Trinajstić information content (AvgIpc) is 2.63. The SMILES string of the molecule is NCC1CCCCCC1c1ccns1. The molecule has 14 heavy (non-hydrogen) atoms. The number of aromatic nitrogens is 1. The van der Waals surface area contributed by atoms with Gasteiger partial charge < -0.3 is 5.73 Å². The summed E-state index contributed by atoms with van der Waals surface area (Å²) in [5.74, 6) is 1.38. The number of nitrogens with two attached hydrogens (primary N) is 1. The number of hydrogen-bond donors (Lipinski definition) is 1. The molecule has 2 nitrogen and oxygen atoms in total. The minimum absolute atomic E-state index is 0.690. The molecule has 1 aromatic heterocycles. The molecular formula is C11H18N2S. The van der Waals surface area contributed by atoms with Gasteiger partial charge in [0.2, 0.25) is 0 Å². The summed E-state index contributed by atoms with van der Waals surface area (Å²) in [6.45, 7) is 0.836. The Hall–Kier alpha value is -0.410. The van der Waals surface area contributed by atoms with E-state index in [1.54, 1.807) is 11.5 Å². The Kier molecular flexibility index (Phi) is 3.54. The van der Waals surface area contributed by atoms with Gasteiger partial charge in [-0.15, -0.1) is 0 Å². The van der Waals surface area contributed by atoms with E-state index >= 15 is 0 Å². The van der Waals surface area contributed by atoms with Crippen molar-refractivity contribution in [2.75, 3.05) is 6.54 Å². The molecule has 2 atom stereocenters. The predicted octanol–water partition coefficient (Wildman–Crippen LogP) is 2.77. The van der Waals surface area contributed by atoms with Crippen LogP contribution in [0.3, 0.4) is 0 Å². The van der Waals surface area contributed by atoms with Gasteiger partial charge in [-0.2, -0.15) is 0 Å². The predicted molar refractivity (Wildman–Crippen MR) is 60.5 cm³/mol. The Labute approximate surface area is 89.7 Å². The zero-order valence-electron chi connectivity index (χ0n) is 8.48. The standard InChI is InChI=1S/C11H18N2S/c12-8-9-4-2-1-3-5-10(9)11-6-7-13-14-11/h6-7,9-10H,1-5,8,12H2. The van der Waals surface area contributed by atoms with E-state index in [2.05, 4.69) is 10.4 Å². The molecule has 0 aromatic carbocycles. The third-order valence-corrected chi connectivity index (χ3v) is 4.16. The average molecular weight is 210 g/mol. The maximum Gasteiger partial charge on any atom is 0.0409 e. The molecule has 1 fully saturated rings. The monoisotopic (exact) mass is 210 g/mol. The van der Waals surface area contributed by atoms with Crippen molar-refractivity contribution in [3.8, 4) is 0 Å². The summed E-state index contributed by atoms with van der Waals surface area (Å²) >= 11 is 1.65. The molecule has 2 unspecified atom stereocenters. The molecule has 0 amide bonds. The highest BCUT2D eigenvalue weighted by atomic mass is 32.1. The highest BCUT2D eigenvalue weighted by Crippen LogP contribution is 2.37. The van der Waals surface area contributed by atoms with Crippen LogP contribution in [0, 0.1) is 5.92 Å². The van der Waals surface area contributed by atoms with Crippen LogP contribution in [0.2, 0.25) is 0 Å². The van der Waals surface area contributed by atoms with Crippen molar-refractivity contribution in [1.29, 1.82) is 0 Å². The Morgan fingerprint density at radius 3 is 2.93 bits per heavy atom. The fourth-order valence-corrected chi connectivity index (χ4v) is 3.27. The van der Waals surface area contributed by atoms with Gasteiger partial charge in [-0.05, 0) is 48.8 Å². The largest absolute Gasteiger partial charge is 0.330 e. The molecule has 1 aromatic rings. The smallest absolute Gasteiger partial charge is 0.0409 e. The summed E-state index contributed by atoms with van der Waals surface area (Å²) in [6, 6.07) is 2.17. The van der Waals surface area contributed by atoms with Crippen LogP contribution < -0.4 is 5.73 Å². The molecule has 1 heterocycles. The van der Waals surface area contributed by atoms with Crippen LogP contribution in [-0.4, -0.2) is 10.9 Å². The topological polar surface area (TPSA) is 38.9 Å². The molecule has 78 valence electrons. The van der Waals surface area contributed by atoms with Crippen LogP contribution in [0.15, 0.2) is 12.3 Å². The van der Waals surface area contributed by atoms with E-state index in [9.17, 15) is 0 Å². The maximum absolute atomic E-state index is 5.85. The first-order valence-electron chi connectivity index (χ1n) is 5.52. The summed E-state index contributed by atoms with van der Waals surface area (Å²) in [4.78, 5) is 1.45. The Balaban J connectivity index is 2.12. The van der Waals surface area contributed by atoms with Gasteiger partial charge in [0.25, 0.3) is 0 Å². The van der Waals surface area contributed by atoms with E-state index in [0.717, 1.165) is 6.54 Å². The van der Waals surface area contributed by atoms with Gasteiger partial charge in [0.05, 0.1) is 0 Å². The molecule has 0 saturated heterocycles. The van der Waals surface area contributed by atoms with Crippen molar-refractivity contribution >= 4 is 11.5 Å². The highest BCUT2D eigenvalue weighted by Gasteiger charge is 2.24. The highest BCUT2D eigenvalue weighted by molar-refractivity contribution is 7.05. The zero-order chi connectivity index (χ0) is 9.80. The first-order chi connectivity index (χ1) is 6.92. The summed E-state index contributed by atoms with van der Waals surface area (Å²) in [5, 5.41) is 0. The fourth-order valence-electron chi connectivity index (χ4n) is 2.46. The fraction of sp³-hybridized carbons (Fsp3) is 0.727. The van der Waals surface area contributed by atoms with E-state index in [1.807, 2.05) is 6.20 Å². The molecule has 1 aliphatic carbocycles. The number of nitrogens with zero attached hydrogens (tertiary/aromatic N) is 1. The van der Waals surface area contributed by atoms with Crippen LogP contribution in [0.4, 0.5) is 0 Å². The summed E-state index contributed by atoms with van der Waals surface area (Å²) in [7, 11) is 0. The maximum atomic E-state index is 5.85. The van der Waals surface area contributed by atoms with E-state index in [0.29, 0.717) is 11.8 Å². The van der Waals surface area contributed by atoms with Crippen molar-refractivity contribution < 1.29 is 0 Å². The second kappa shape index (κ2) is 4.89. The molecule has 2 rings (SSSR count). The van der Waals surface area contributed by atoms with Crippen molar-refractivity contribution in [3.05, 3.63) is 17.1 Å². The molecule has 0 bridgehead atoms. The number of hydrogen-bond acceptors (Lipinski definition) is 3. The van der Waals surface area contributed by atoms with Crippen molar-refractivity contribution in [1.82, 2.24) is 4.37 Å². The Bertz CT molecular complexity index is 258. The van der Waals surface area contributed by atoms with Gasteiger partial charge in [0.15, 0.2) is 0 Å². The van der Waals surface area contributed by atoms with Gasteiger partial charge >= 0.3 is 0 Å². The normalized spacial score (nSPS) is 28.6. The van der Waals surface area contributed by atoms with E-state index < -0.39 is 0 Å². The van der Waals surface area contributed by atoms with Crippen LogP contribution in [0.5, 0.6) is 0 Å². The molecule has 2 N–H and O–H groups in total. The molecule has 0 radical (unpaired) electrons. The van der Waals surface area contributed by atoms with E-state index in [1.165, 1.54) is 37.0 Å². The minimum Gasteiger partial charge on any atom is -0.330 e. The quantitative estimate of drug-likeness (QED) is 0.762. The molecule has 0 spiro atoms. The zero-order valence-corrected chi connectivity index (χ0v) is 9.30. The van der Waals surface area contributed by atoms with Gasteiger partial charge in [-0.1, -0.05) is 19.3 Å². The van der Waals surface area contributed by atoms with Gasteiger partial charge in [0.1, 0.15) is 0 Å². The van der Waals surface area contributed by atoms with Crippen LogP contribution in [0.25, 0.3) is 0 Å². The minimum atomic E-state index is 0.690. The lowest BCUT2D eigenvalue weighted by Crippen LogP contribution is -2.20. The first kappa shape index (κ1) is 10.1. The van der Waals surface area contributed by atoms with Crippen molar-refractivity contribution in [2.45, 2.75) is 38.0 Å². The van der Waals surface area contributed by atoms with Gasteiger partial charge in [-0.25, -0.2) is 4.37 Å². The lowest BCUT2D eigenvalue weighted by molar-refractivity contribution is 0.413. The molecule has 1 aliphatic rings. The van der Waals surface area contributed by atoms with Gasteiger partial charge in [0, 0.05) is 11.1 Å². The van der Waals surface area contributed by atoms with Crippen molar-refractivity contribution in [2.24, 2.45) is 11.7 Å². The lowest BCUT2D eigenvalue weighted by Gasteiger charge is -2.21. The lowest BCUT2D eigenvalue weighted by atomic mass is 9.87. The Morgan fingerprint density at radius 2 is 2.21 bits per heavy atom. The molecule has 0 aliphatic heterocycles. The second-order valence-electron chi connectivity index (χ2n) is 4.16. The molecule has 1 saturated carbocycles. The molecule has 3 heteroatoms. The second-order valence-corrected chi connectivity index (χ2v) is 5.02. The summed E-state index contributed by atoms with van der Waals surface area (Å²) in [6.07, 6.45) is 8.63. The van der Waals surface area contributed by atoms with Crippen molar-refractivity contribution in [3.63, 3.8) is 0 Å². The van der Waals surface area contributed by atoms with Crippen LogP contribution in [-0.2, 0) is 0 Å². The molecular weight excluding hydrogens is 192 g/mol.